The van der Waals surface area contributed by atoms with Crippen LogP contribution in [0.2, 0.25) is 0 Å². The van der Waals surface area contributed by atoms with Crippen LogP contribution in [0.15, 0.2) is 0 Å². The van der Waals surface area contributed by atoms with Gasteiger partial charge in [0.25, 0.3) is 0 Å². The van der Waals surface area contributed by atoms with Crippen molar-refractivity contribution < 1.29 is 14.7 Å². The average molecular weight is 319 g/mol. The van der Waals surface area contributed by atoms with E-state index in [0.29, 0.717) is 23.5 Å². The van der Waals surface area contributed by atoms with Crippen molar-refractivity contribution in [3.8, 4) is 0 Å². The molecule has 4 nitrogen and oxygen atoms in total. The molecule has 2 saturated heterocycles. The Labute approximate surface area is 138 Å². The Balaban J connectivity index is 1.67. The highest BCUT2D eigenvalue weighted by Gasteiger charge is 2.60. The monoisotopic (exact) mass is 319 g/mol. The Bertz CT molecular complexity index is 547. The molecule has 1 amide bonds. The molecular weight excluding hydrogens is 290 g/mol. The van der Waals surface area contributed by atoms with Crippen molar-refractivity contribution in [2.24, 2.45) is 23.2 Å². The topological polar surface area (TPSA) is 57.6 Å². The molecule has 6 unspecified atom stereocenters. The maximum Gasteiger partial charge on any atom is 0.225 e. The number of carbonyl (C=O) groups excluding carboxylic acids is 2. The molecule has 4 fully saturated rings. The Morgan fingerprint density at radius 2 is 1.83 bits per heavy atom. The summed E-state index contributed by atoms with van der Waals surface area (Å²) in [5.41, 5.74) is -0.224. The van der Waals surface area contributed by atoms with Crippen molar-refractivity contribution in [2.45, 2.75) is 76.9 Å². The number of amides is 1. The van der Waals surface area contributed by atoms with Gasteiger partial charge < -0.3 is 10.0 Å². The average Bonchev–Trinajstić information content (AvgIpc) is 2.75. The maximum atomic E-state index is 12.6. The van der Waals surface area contributed by atoms with E-state index in [4.69, 9.17) is 0 Å². The van der Waals surface area contributed by atoms with Crippen LogP contribution in [0.4, 0.5) is 0 Å². The molecule has 2 aliphatic heterocycles. The predicted octanol–water partition coefficient (Wildman–Crippen LogP) is 2.53. The lowest BCUT2D eigenvalue weighted by Crippen LogP contribution is -2.62. The van der Waals surface area contributed by atoms with Crippen molar-refractivity contribution in [3.05, 3.63) is 0 Å². The minimum atomic E-state index is -0.481. The van der Waals surface area contributed by atoms with Crippen LogP contribution in [-0.2, 0) is 9.59 Å². The van der Waals surface area contributed by atoms with E-state index >= 15 is 0 Å². The first-order valence-electron chi connectivity index (χ1n) is 9.38. The van der Waals surface area contributed by atoms with Gasteiger partial charge in [-0.25, -0.2) is 0 Å². The van der Waals surface area contributed by atoms with Crippen LogP contribution in [0, 0.1) is 23.2 Å². The molecule has 6 atom stereocenters. The van der Waals surface area contributed by atoms with Gasteiger partial charge in [-0.1, -0.05) is 6.92 Å². The lowest BCUT2D eigenvalue weighted by atomic mass is 9.53. The molecule has 23 heavy (non-hydrogen) atoms. The zero-order valence-electron chi connectivity index (χ0n) is 14.4. The summed E-state index contributed by atoms with van der Waals surface area (Å²) in [6.07, 6.45) is 6.30. The number of piperidine rings is 1. The standard InChI is InChI=1S/C19H29NO3/c1-18-8-6-15-13(14(18)3-4-16(18)22)7-10-20-17(23)11-12(21)5-9-19(15,20)2/h12-15,21H,3-11H2,1-2H3. The van der Waals surface area contributed by atoms with Gasteiger partial charge in [0.2, 0.25) is 5.91 Å². The van der Waals surface area contributed by atoms with Crippen LogP contribution in [0.3, 0.4) is 0 Å². The summed E-state index contributed by atoms with van der Waals surface area (Å²) in [4.78, 5) is 27.1. The molecule has 4 heteroatoms. The number of rotatable bonds is 0. The number of carbonyl (C=O) groups is 2. The first-order valence-corrected chi connectivity index (χ1v) is 9.38. The largest absolute Gasteiger partial charge is 0.393 e. The number of fused-ring (bicyclic) bond motifs is 5. The number of Topliss-reactive ketones (excluding diaryl/α,β-unsaturated/α-hetero) is 1. The quantitative estimate of drug-likeness (QED) is 0.746. The Morgan fingerprint density at radius 1 is 1.04 bits per heavy atom. The molecule has 0 radical (unpaired) electrons. The van der Waals surface area contributed by atoms with E-state index in [1.807, 2.05) is 0 Å². The zero-order valence-corrected chi connectivity index (χ0v) is 14.4. The third kappa shape index (κ3) is 2.06. The van der Waals surface area contributed by atoms with Crippen molar-refractivity contribution in [1.82, 2.24) is 4.90 Å². The second kappa shape index (κ2) is 5.05. The highest BCUT2D eigenvalue weighted by molar-refractivity contribution is 5.87. The number of nitrogens with zero attached hydrogens (tertiary/aromatic N) is 1. The van der Waals surface area contributed by atoms with Gasteiger partial charge in [-0.15, -0.1) is 0 Å². The lowest BCUT2D eigenvalue weighted by Gasteiger charge is -2.58. The lowest BCUT2D eigenvalue weighted by molar-refractivity contribution is -0.154. The van der Waals surface area contributed by atoms with E-state index < -0.39 is 6.10 Å². The molecule has 2 heterocycles. The fourth-order valence-electron chi connectivity index (χ4n) is 6.57. The van der Waals surface area contributed by atoms with Gasteiger partial charge in [-0.3, -0.25) is 9.59 Å². The van der Waals surface area contributed by atoms with E-state index in [1.165, 1.54) is 0 Å². The Kier molecular flexibility index (Phi) is 3.43. The fourth-order valence-corrected chi connectivity index (χ4v) is 6.57. The number of hydrogen-bond donors (Lipinski definition) is 1. The number of hydrogen-bond acceptors (Lipinski definition) is 3. The SMILES string of the molecule is CC12CCC3C(CCN4C(=O)CC(O)CCC34C)C1CCC2=O. The second-order valence-corrected chi connectivity index (χ2v) is 8.88. The van der Waals surface area contributed by atoms with E-state index in [0.717, 1.165) is 51.5 Å². The first kappa shape index (κ1) is 15.6. The smallest absolute Gasteiger partial charge is 0.225 e. The van der Waals surface area contributed by atoms with E-state index in [-0.39, 0.29) is 23.3 Å². The van der Waals surface area contributed by atoms with Gasteiger partial charge in [0.05, 0.1) is 12.5 Å². The van der Waals surface area contributed by atoms with Crippen LogP contribution >= 0.6 is 0 Å². The van der Waals surface area contributed by atoms with Crippen LogP contribution < -0.4 is 0 Å². The van der Waals surface area contributed by atoms with Gasteiger partial charge in [-0.2, -0.15) is 0 Å². The summed E-state index contributed by atoms with van der Waals surface area (Å²) in [7, 11) is 0. The number of aliphatic hydroxyl groups excluding tert-OH is 1. The molecule has 128 valence electrons. The minimum absolute atomic E-state index is 0.103. The van der Waals surface area contributed by atoms with E-state index in [2.05, 4.69) is 18.7 Å². The summed E-state index contributed by atoms with van der Waals surface area (Å²) >= 11 is 0. The summed E-state index contributed by atoms with van der Waals surface area (Å²) in [6.45, 7) is 5.25. The molecule has 0 aromatic heterocycles. The Hall–Kier alpha value is -0.900. The van der Waals surface area contributed by atoms with Gasteiger partial charge in [0.1, 0.15) is 5.78 Å². The third-order valence-corrected chi connectivity index (χ3v) is 7.94. The van der Waals surface area contributed by atoms with E-state index in [9.17, 15) is 14.7 Å². The molecule has 0 aromatic carbocycles. The van der Waals surface area contributed by atoms with Crippen molar-refractivity contribution in [2.75, 3.05) is 6.54 Å². The summed E-state index contributed by atoms with van der Waals surface area (Å²) in [5.74, 6) is 2.18. The van der Waals surface area contributed by atoms with Gasteiger partial charge in [0.15, 0.2) is 0 Å². The highest BCUT2D eigenvalue weighted by Crippen LogP contribution is 2.60. The number of ketones is 1. The van der Waals surface area contributed by atoms with Gasteiger partial charge in [0, 0.05) is 23.9 Å². The zero-order chi connectivity index (χ0) is 16.4. The van der Waals surface area contributed by atoms with Crippen molar-refractivity contribution in [3.63, 3.8) is 0 Å². The highest BCUT2D eigenvalue weighted by atomic mass is 16.3. The van der Waals surface area contributed by atoms with Gasteiger partial charge in [-0.05, 0) is 63.2 Å². The second-order valence-electron chi connectivity index (χ2n) is 8.88. The molecule has 0 bridgehead atoms. The molecule has 0 spiro atoms. The molecular formula is C19H29NO3. The molecule has 0 aromatic rings. The third-order valence-electron chi connectivity index (χ3n) is 7.94. The van der Waals surface area contributed by atoms with Crippen LogP contribution in [0.1, 0.15) is 65.2 Å². The van der Waals surface area contributed by atoms with Crippen molar-refractivity contribution >= 4 is 11.7 Å². The van der Waals surface area contributed by atoms with Gasteiger partial charge >= 0.3 is 0 Å². The Morgan fingerprint density at radius 3 is 2.61 bits per heavy atom. The molecule has 2 aliphatic carbocycles. The summed E-state index contributed by atoms with van der Waals surface area (Å²) in [5, 5.41) is 10.1. The maximum absolute atomic E-state index is 12.6. The fraction of sp³-hybridized carbons (Fsp3) is 0.895. The first-order chi connectivity index (χ1) is 10.9. The summed E-state index contributed by atoms with van der Waals surface area (Å²) < 4.78 is 0. The minimum Gasteiger partial charge on any atom is -0.393 e. The molecule has 4 rings (SSSR count). The molecule has 2 saturated carbocycles. The summed E-state index contributed by atoms with van der Waals surface area (Å²) in [6, 6.07) is 0. The normalized spacial score (nSPS) is 50.1. The van der Waals surface area contributed by atoms with Crippen LogP contribution in [-0.4, -0.2) is 39.9 Å². The van der Waals surface area contributed by atoms with Crippen LogP contribution in [0.25, 0.3) is 0 Å². The molecule has 1 N–H and O–H groups in total. The number of aliphatic hydroxyl groups is 1. The predicted molar refractivity (Wildman–Crippen MR) is 86.6 cm³/mol. The molecule has 4 aliphatic rings. The van der Waals surface area contributed by atoms with E-state index in [1.54, 1.807) is 0 Å². The van der Waals surface area contributed by atoms with Crippen molar-refractivity contribution in [1.29, 1.82) is 0 Å². The van der Waals surface area contributed by atoms with Crippen LogP contribution in [0.5, 0.6) is 0 Å².